The quantitative estimate of drug-likeness (QED) is 0.867. The van der Waals surface area contributed by atoms with Gasteiger partial charge in [0.25, 0.3) is 0 Å². The molecular weight excluding hydrogens is 210 g/mol. The summed E-state index contributed by atoms with van der Waals surface area (Å²) in [5.74, 6) is 0.892. The summed E-state index contributed by atoms with van der Waals surface area (Å²) in [4.78, 5) is 4.34. The number of rotatable bonds is 3. The maximum absolute atomic E-state index is 4.34. The number of benzene rings is 1. The third-order valence-electron chi connectivity index (χ3n) is 2.99. The molecule has 0 radical (unpaired) electrons. The molecule has 0 bridgehead atoms. The Morgan fingerprint density at radius 2 is 1.94 bits per heavy atom. The van der Waals surface area contributed by atoms with Crippen LogP contribution in [0.5, 0.6) is 0 Å². The molecule has 0 aliphatic rings. The number of nitrogens with zero attached hydrogens (tertiary/aromatic N) is 2. The molecule has 0 spiro atoms. The van der Waals surface area contributed by atoms with Crippen LogP contribution >= 0.6 is 0 Å². The van der Waals surface area contributed by atoms with Gasteiger partial charge in [0.15, 0.2) is 0 Å². The topological polar surface area (TPSA) is 29.9 Å². The van der Waals surface area contributed by atoms with Gasteiger partial charge in [-0.05, 0) is 51.0 Å². The Hall–Kier alpha value is -1.77. The molecule has 2 rings (SSSR count). The molecule has 90 valence electrons. The summed E-state index contributed by atoms with van der Waals surface area (Å²) in [6.07, 6.45) is 3.82. The van der Waals surface area contributed by atoms with Crippen molar-refractivity contribution in [1.82, 2.24) is 9.55 Å². The van der Waals surface area contributed by atoms with Crippen LogP contribution in [0.3, 0.4) is 0 Å². The fourth-order valence-electron chi connectivity index (χ4n) is 1.77. The molecule has 0 saturated heterocycles. The molecule has 1 aromatic heterocycles. The summed E-state index contributed by atoms with van der Waals surface area (Å²) in [5, 5.41) is 3.35. The summed E-state index contributed by atoms with van der Waals surface area (Å²) in [7, 11) is 0. The van der Waals surface area contributed by atoms with Crippen LogP contribution < -0.4 is 5.32 Å². The minimum Gasteiger partial charge on any atom is -0.326 e. The minimum absolute atomic E-state index is 0.409. The van der Waals surface area contributed by atoms with Crippen molar-refractivity contribution >= 4 is 11.6 Å². The summed E-state index contributed by atoms with van der Waals surface area (Å²) in [6, 6.07) is 6.77. The lowest BCUT2D eigenvalue weighted by Gasteiger charge is -2.13. The Morgan fingerprint density at radius 3 is 2.59 bits per heavy atom. The fraction of sp³-hybridized carbons (Fsp3) is 0.357. The van der Waals surface area contributed by atoms with Gasteiger partial charge in [0.05, 0.1) is 0 Å². The van der Waals surface area contributed by atoms with E-state index >= 15 is 0 Å². The van der Waals surface area contributed by atoms with Crippen molar-refractivity contribution in [3.63, 3.8) is 0 Å². The summed E-state index contributed by atoms with van der Waals surface area (Å²) in [5.41, 5.74) is 3.68. The van der Waals surface area contributed by atoms with Gasteiger partial charge in [-0.3, -0.25) is 0 Å². The monoisotopic (exact) mass is 229 g/mol. The molecule has 2 aromatic rings. The van der Waals surface area contributed by atoms with Gasteiger partial charge in [-0.25, -0.2) is 4.98 Å². The smallest absolute Gasteiger partial charge is 0.207 e. The number of aromatic nitrogens is 2. The van der Waals surface area contributed by atoms with Gasteiger partial charge in [0.2, 0.25) is 5.95 Å². The second kappa shape index (κ2) is 4.62. The molecule has 17 heavy (non-hydrogen) atoms. The summed E-state index contributed by atoms with van der Waals surface area (Å²) >= 11 is 0. The van der Waals surface area contributed by atoms with E-state index in [2.05, 4.69) is 60.8 Å². The normalized spacial score (nSPS) is 10.9. The van der Waals surface area contributed by atoms with Crippen LogP contribution in [0.2, 0.25) is 0 Å². The van der Waals surface area contributed by atoms with Gasteiger partial charge in [0, 0.05) is 24.1 Å². The van der Waals surface area contributed by atoms with E-state index in [1.54, 1.807) is 0 Å². The highest BCUT2D eigenvalue weighted by atomic mass is 15.2. The zero-order valence-corrected chi connectivity index (χ0v) is 10.9. The van der Waals surface area contributed by atoms with Crippen LogP contribution in [-0.4, -0.2) is 9.55 Å². The largest absolute Gasteiger partial charge is 0.326 e. The average Bonchev–Trinajstić information content (AvgIpc) is 2.72. The van der Waals surface area contributed by atoms with Crippen molar-refractivity contribution in [3.8, 4) is 0 Å². The van der Waals surface area contributed by atoms with Gasteiger partial charge >= 0.3 is 0 Å². The maximum Gasteiger partial charge on any atom is 0.207 e. The van der Waals surface area contributed by atoms with Crippen LogP contribution in [0.1, 0.15) is 31.0 Å². The van der Waals surface area contributed by atoms with E-state index in [1.165, 1.54) is 11.1 Å². The molecule has 1 aromatic carbocycles. The second-order valence-corrected chi connectivity index (χ2v) is 4.68. The Bertz CT molecular complexity index is 512. The van der Waals surface area contributed by atoms with Crippen molar-refractivity contribution in [2.75, 3.05) is 5.32 Å². The van der Waals surface area contributed by atoms with E-state index in [0.29, 0.717) is 6.04 Å². The van der Waals surface area contributed by atoms with Crippen LogP contribution in [0.4, 0.5) is 11.6 Å². The first-order valence-corrected chi connectivity index (χ1v) is 5.95. The Morgan fingerprint density at radius 1 is 1.18 bits per heavy atom. The minimum atomic E-state index is 0.409. The third-order valence-corrected chi connectivity index (χ3v) is 2.99. The first-order chi connectivity index (χ1) is 8.08. The Labute approximate surface area is 103 Å². The zero-order chi connectivity index (χ0) is 12.4. The molecule has 0 saturated carbocycles. The highest BCUT2D eigenvalue weighted by Gasteiger charge is 2.06. The molecule has 3 heteroatoms. The number of hydrogen-bond acceptors (Lipinski definition) is 2. The van der Waals surface area contributed by atoms with Crippen molar-refractivity contribution < 1.29 is 0 Å². The highest BCUT2D eigenvalue weighted by Crippen LogP contribution is 2.20. The van der Waals surface area contributed by atoms with Crippen LogP contribution in [0.15, 0.2) is 30.6 Å². The third kappa shape index (κ3) is 2.49. The number of imidazole rings is 1. The van der Waals surface area contributed by atoms with Crippen molar-refractivity contribution in [2.45, 2.75) is 33.7 Å². The predicted octanol–water partition coefficient (Wildman–Crippen LogP) is 3.82. The molecule has 0 aliphatic carbocycles. The van der Waals surface area contributed by atoms with E-state index in [0.717, 1.165) is 11.6 Å². The van der Waals surface area contributed by atoms with Gasteiger partial charge in [-0.1, -0.05) is 6.07 Å². The molecule has 0 fully saturated rings. The molecule has 0 atom stereocenters. The van der Waals surface area contributed by atoms with E-state index in [4.69, 9.17) is 0 Å². The van der Waals surface area contributed by atoms with Crippen molar-refractivity contribution in [2.24, 2.45) is 0 Å². The average molecular weight is 229 g/mol. The lowest BCUT2D eigenvalue weighted by atomic mass is 10.1. The highest BCUT2D eigenvalue weighted by molar-refractivity contribution is 5.56. The Kier molecular flexibility index (Phi) is 3.18. The molecule has 1 heterocycles. The van der Waals surface area contributed by atoms with Crippen LogP contribution in [0.25, 0.3) is 0 Å². The van der Waals surface area contributed by atoms with E-state index in [-0.39, 0.29) is 0 Å². The first-order valence-electron chi connectivity index (χ1n) is 5.95. The van der Waals surface area contributed by atoms with Crippen LogP contribution in [-0.2, 0) is 0 Å². The maximum atomic E-state index is 4.34. The van der Waals surface area contributed by atoms with Gasteiger partial charge in [0.1, 0.15) is 0 Å². The lowest BCUT2D eigenvalue weighted by Crippen LogP contribution is -2.05. The predicted molar refractivity (Wildman–Crippen MR) is 71.8 cm³/mol. The van der Waals surface area contributed by atoms with E-state index < -0.39 is 0 Å². The number of hydrogen-bond donors (Lipinski definition) is 1. The van der Waals surface area contributed by atoms with Crippen molar-refractivity contribution in [3.05, 3.63) is 41.7 Å². The lowest BCUT2D eigenvalue weighted by molar-refractivity contribution is 0.608. The molecule has 0 amide bonds. The molecular formula is C14H19N3. The van der Waals surface area contributed by atoms with Gasteiger partial charge in [-0.2, -0.15) is 0 Å². The second-order valence-electron chi connectivity index (χ2n) is 4.68. The van der Waals surface area contributed by atoms with Crippen molar-refractivity contribution in [1.29, 1.82) is 0 Å². The van der Waals surface area contributed by atoms with Gasteiger partial charge < -0.3 is 9.88 Å². The van der Waals surface area contributed by atoms with E-state index in [1.807, 2.05) is 12.4 Å². The summed E-state index contributed by atoms with van der Waals surface area (Å²) in [6.45, 7) is 8.53. The molecule has 1 N–H and O–H groups in total. The molecule has 0 aliphatic heterocycles. The zero-order valence-electron chi connectivity index (χ0n) is 10.9. The number of aryl methyl sites for hydroxylation is 2. The summed E-state index contributed by atoms with van der Waals surface area (Å²) < 4.78 is 2.12. The SMILES string of the molecule is Cc1ccc(Nc2nccn2C(C)C)cc1C. The van der Waals surface area contributed by atoms with E-state index in [9.17, 15) is 0 Å². The Balaban J connectivity index is 2.25. The standard InChI is InChI=1S/C14H19N3/c1-10(2)17-8-7-15-14(17)16-13-6-5-11(3)12(4)9-13/h5-10H,1-4H3,(H,15,16). The first kappa shape index (κ1) is 11.7. The molecule has 3 nitrogen and oxygen atoms in total. The number of anilines is 2. The molecule has 0 unspecified atom stereocenters. The number of nitrogens with one attached hydrogen (secondary N) is 1. The van der Waals surface area contributed by atoms with Gasteiger partial charge in [-0.15, -0.1) is 0 Å². The fourth-order valence-corrected chi connectivity index (χ4v) is 1.77. The van der Waals surface area contributed by atoms with Crippen LogP contribution in [0, 0.1) is 13.8 Å².